The van der Waals surface area contributed by atoms with Crippen molar-refractivity contribution in [2.75, 3.05) is 12.4 Å². The van der Waals surface area contributed by atoms with Gasteiger partial charge >= 0.3 is 5.97 Å². The number of thioether (sulfide) groups is 1. The van der Waals surface area contributed by atoms with Gasteiger partial charge < -0.3 is 4.74 Å². The van der Waals surface area contributed by atoms with Crippen molar-refractivity contribution in [1.29, 1.82) is 0 Å². The van der Waals surface area contributed by atoms with Gasteiger partial charge in [-0.1, -0.05) is 44.2 Å². The molecule has 3 heteroatoms. The lowest BCUT2D eigenvalue weighted by molar-refractivity contribution is 0.0526. The van der Waals surface area contributed by atoms with E-state index in [9.17, 15) is 4.79 Å². The molecule has 0 fully saturated rings. The highest BCUT2D eigenvalue weighted by molar-refractivity contribution is 7.99. The van der Waals surface area contributed by atoms with Crippen LogP contribution in [0, 0.1) is 5.41 Å². The quantitative estimate of drug-likeness (QED) is 0.448. The highest BCUT2D eigenvalue weighted by atomic mass is 32.2. The molecule has 1 aliphatic heterocycles. The van der Waals surface area contributed by atoms with Crippen LogP contribution in [0.3, 0.4) is 0 Å². The van der Waals surface area contributed by atoms with Gasteiger partial charge in [-0.15, -0.1) is 11.8 Å². The number of aryl methyl sites for hydroxylation is 1. The maximum absolute atomic E-state index is 11.8. The van der Waals surface area contributed by atoms with Gasteiger partial charge in [0.15, 0.2) is 0 Å². The fraction of sp³-hybridized carbons (Fsp3) is 0.375. The van der Waals surface area contributed by atoms with E-state index in [2.05, 4.69) is 45.0 Å². The Morgan fingerprint density at radius 2 is 1.85 bits per heavy atom. The van der Waals surface area contributed by atoms with Crippen LogP contribution in [0.25, 0.3) is 11.6 Å². The summed E-state index contributed by atoms with van der Waals surface area (Å²) in [6.45, 7) is 9.08. The molecule has 0 aliphatic carbocycles. The predicted octanol–water partition coefficient (Wildman–Crippen LogP) is 6.49. The molecule has 2 nitrogen and oxygen atoms in total. The van der Waals surface area contributed by atoms with Crippen molar-refractivity contribution in [3.05, 3.63) is 64.7 Å². The van der Waals surface area contributed by atoms with Crippen LogP contribution >= 0.6 is 11.8 Å². The Morgan fingerprint density at radius 1 is 1.15 bits per heavy atom. The molecule has 0 spiro atoms. The minimum atomic E-state index is -0.268. The van der Waals surface area contributed by atoms with E-state index >= 15 is 0 Å². The summed E-state index contributed by atoms with van der Waals surface area (Å²) in [4.78, 5) is 13.2. The number of esters is 1. The van der Waals surface area contributed by atoms with Crippen LogP contribution in [0.5, 0.6) is 0 Å². The maximum atomic E-state index is 11.8. The molecule has 3 rings (SSSR count). The van der Waals surface area contributed by atoms with E-state index in [-0.39, 0.29) is 5.97 Å². The minimum absolute atomic E-state index is 0.268. The van der Waals surface area contributed by atoms with Gasteiger partial charge in [-0.25, -0.2) is 4.79 Å². The zero-order valence-corrected chi connectivity index (χ0v) is 17.5. The molecule has 0 atom stereocenters. The molecule has 0 radical (unpaired) electrons. The summed E-state index contributed by atoms with van der Waals surface area (Å²) in [5, 5.41) is 0. The highest BCUT2D eigenvalue weighted by Crippen LogP contribution is 2.38. The number of carbonyl (C=O) groups excluding carboxylic acids is 1. The van der Waals surface area contributed by atoms with Crippen molar-refractivity contribution in [3.63, 3.8) is 0 Å². The van der Waals surface area contributed by atoms with E-state index in [4.69, 9.17) is 4.74 Å². The highest BCUT2D eigenvalue weighted by Gasteiger charge is 2.23. The van der Waals surface area contributed by atoms with Crippen LogP contribution in [0.4, 0.5) is 0 Å². The van der Waals surface area contributed by atoms with Crippen LogP contribution < -0.4 is 0 Å². The van der Waals surface area contributed by atoms with Crippen molar-refractivity contribution in [3.8, 4) is 0 Å². The Morgan fingerprint density at radius 3 is 2.56 bits per heavy atom. The topological polar surface area (TPSA) is 26.3 Å². The lowest BCUT2D eigenvalue weighted by atomic mass is 9.88. The molecule has 0 aromatic heterocycles. The first kappa shape index (κ1) is 19.8. The number of benzene rings is 2. The third kappa shape index (κ3) is 5.04. The Kier molecular flexibility index (Phi) is 6.11. The number of hydrogen-bond acceptors (Lipinski definition) is 3. The van der Waals surface area contributed by atoms with Crippen LogP contribution in [0.15, 0.2) is 47.4 Å². The third-order valence-electron chi connectivity index (χ3n) is 5.01. The first-order valence-electron chi connectivity index (χ1n) is 9.59. The molecule has 27 heavy (non-hydrogen) atoms. The molecule has 0 amide bonds. The molecule has 0 unspecified atom stereocenters. The number of rotatable bonds is 4. The second-order valence-electron chi connectivity index (χ2n) is 7.95. The van der Waals surface area contributed by atoms with Crippen LogP contribution in [0.2, 0.25) is 0 Å². The molecule has 0 saturated heterocycles. The van der Waals surface area contributed by atoms with Gasteiger partial charge in [0.05, 0.1) is 12.2 Å². The Labute approximate surface area is 167 Å². The lowest BCUT2D eigenvalue weighted by Gasteiger charge is -2.20. The number of carbonyl (C=O) groups is 1. The number of allylic oxidation sites excluding steroid dienone is 1. The summed E-state index contributed by atoms with van der Waals surface area (Å²) in [6, 6.07) is 14.4. The summed E-state index contributed by atoms with van der Waals surface area (Å²) < 4.78 is 5.04. The monoisotopic (exact) mass is 380 g/mol. The molecular formula is C24H28O2S. The zero-order chi connectivity index (χ0) is 19.4. The summed E-state index contributed by atoms with van der Waals surface area (Å²) in [7, 11) is 0. The lowest BCUT2D eigenvalue weighted by Crippen LogP contribution is -2.13. The minimum Gasteiger partial charge on any atom is -0.462 e. The van der Waals surface area contributed by atoms with E-state index in [0.29, 0.717) is 17.6 Å². The number of hydrogen-bond donors (Lipinski definition) is 0. The summed E-state index contributed by atoms with van der Waals surface area (Å²) in [6.07, 6.45) is 4.55. The van der Waals surface area contributed by atoms with Gasteiger partial charge in [0, 0.05) is 10.6 Å². The van der Waals surface area contributed by atoms with Gasteiger partial charge in [-0.3, -0.25) is 0 Å². The van der Waals surface area contributed by atoms with Crippen LogP contribution in [0.1, 0.15) is 61.2 Å². The average Bonchev–Trinajstić information content (AvgIpc) is 2.80. The number of fused-ring (bicyclic) bond motifs is 1. The Hall–Kier alpha value is -2.00. The van der Waals surface area contributed by atoms with E-state index in [1.807, 2.05) is 43.0 Å². The first-order valence-corrected chi connectivity index (χ1v) is 10.6. The van der Waals surface area contributed by atoms with Crippen molar-refractivity contribution in [2.24, 2.45) is 5.41 Å². The second-order valence-corrected chi connectivity index (χ2v) is 8.96. The van der Waals surface area contributed by atoms with Crippen LogP contribution in [-0.2, 0) is 11.2 Å². The fourth-order valence-electron chi connectivity index (χ4n) is 3.24. The summed E-state index contributed by atoms with van der Waals surface area (Å²) in [5.74, 6) is 0.914. The summed E-state index contributed by atoms with van der Waals surface area (Å²) in [5.41, 5.74) is 6.05. The molecule has 1 heterocycles. The Balaban J connectivity index is 1.79. The molecule has 2 aromatic carbocycles. The molecule has 0 N–H and O–H groups in total. The van der Waals surface area contributed by atoms with Gasteiger partial charge in [-0.05, 0) is 72.6 Å². The normalized spacial score (nSPS) is 16.4. The predicted molar refractivity (Wildman–Crippen MR) is 115 cm³/mol. The maximum Gasteiger partial charge on any atom is 0.338 e. The zero-order valence-electron chi connectivity index (χ0n) is 16.7. The molecule has 142 valence electrons. The van der Waals surface area contributed by atoms with Crippen LogP contribution in [-0.4, -0.2) is 18.3 Å². The standard InChI is InChI=1S/C24H28O2S/c1-5-26-23(25)19-8-6-18(7-9-19)14-17(2)20-10-11-22-21(15-20)12-13-24(3,4)16-27-22/h6-11,14-15H,5,12-13,16H2,1-4H3/b17-14+. The molecule has 2 aromatic rings. The van der Waals surface area contributed by atoms with Gasteiger partial charge in [0.2, 0.25) is 0 Å². The molecule has 1 aliphatic rings. The molecule has 0 bridgehead atoms. The van der Waals surface area contributed by atoms with Crippen molar-refractivity contribution < 1.29 is 9.53 Å². The van der Waals surface area contributed by atoms with Crippen molar-refractivity contribution in [1.82, 2.24) is 0 Å². The van der Waals surface area contributed by atoms with Gasteiger partial charge in [-0.2, -0.15) is 0 Å². The Bertz CT molecular complexity index is 847. The summed E-state index contributed by atoms with van der Waals surface area (Å²) >= 11 is 1.99. The van der Waals surface area contributed by atoms with Crippen molar-refractivity contribution in [2.45, 2.75) is 45.4 Å². The largest absolute Gasteiger partial charge is 0.462 e. The van der Waals surface area contributed by atoms with Gasteiger partial charge in [0.1, 0.15) is 0 Å². The SMILES string of the molecule is CCOC(=O)c1ccc(/C=C(\C)c2ccc3c(c2)CCC(C)(C)CS3)cc1. The van der Waals surface area contributed by atoms with E-state index in [1.165, 1.54) is 33.8 Å². The third-order valence-corrected chi connectivity index (χ3v) is 6.65. The van der Waals surface area contributed by atoms with Gasteiger partial charge in [0.25, 0.3) is 0 Å². The average molecular weight is 381 g/mol. The molecule has 0 saturated carbocycles. The van der Waals surface area contributed by atoms with E-state index in [0.717, 1.165) is 12.0 Å². The van der Waals surface area contributed by atoms with E-state index < -0.39 is 0 Å². The first-order chi connectivity index (χ1) is 12.9. The molecular weight excluding hydrogens is 352 g/mol. The number of ether oxygens (including phenoxy) is 1. The second kappa shape index (κ2) is 8.35. The fourth-order valence-corrected chi connectivity index (χ4v) is 4.44. The van der Waals surface area contributed by atoms with Crippen molar-refractivity contribution >= 4 is 29.4 Å². The smallest absolute Gasteiger partial charge is 0.338 e. The van der Waals surface area contributed by atoms with E-state index in [1.54, 1.807) is 0 Å².